The smallest absolute Gasteiger partial charge is 0.0791 e. The van der Waals surface area contributed by atoms with Crippen LogP contribution in [0.25, 0.3) is 0 Å². The molecule has 0 aliphatic carbocycles. The van der Waals surface area contributed by atoms with E-state index >= 15 is 0 Å². The van der Waals surface area contributed by atoms with E-state index in [1.807, 2.05) is 18.2 Å². The largest absolute Gasteiger partial charge is 0.390 e. The van der Waals surface area contributed by atoms with Gasteiger partial charge in [-0.3, -0.25) is 0 Å². The second-order valence-electron chi connectivity index (χ2n) is 6.46. The molecule has 4 heteroatoms. The van der Waals surface area contributed by atoms with E-state index < -0.39 is 0 Å². The molecule has 4 nitrogen and oxygen atoms in total. The number of hydrogen-bond acceptors (Lipinski definition) is 4. The highest BCUT2D eigenvalue weighted by Gasteiger charge is 2.19. The number of ether oxygens (including phenoxy) is 1. The highest BCUT2D eigenvalue weighted by Crippen LogP contribution is 2.16. The molecule has 22 heavy (non-hydrogen) atoms. The van der Waals surface area contributed by atoms with Crippen LogP contribution in [0, 0.1) is 5.92 Å². The summed E-state index contributed by atoms with van der Waals surface area (Å²) in [6.45, 7) is 6.49. The number of nitrogens with zero attached hydrogens (tertiary/aromatic N) is 1. The molecule has 0 radical (unpaired) electrons. The van der Waals surface area contributed by atoms with E-state index in [0.29, 0.717) is 13.2 Å². The first kappa shape index (κ1) is 17.4. The number of piperidine rings is 1. The van der Waals surface area contributed by atoms with Crippen molar-refractivity contribution in [2.24, 2.45) is 5.92 Å². The number of hydrogen-bond donors (Lipinski definition) is 2. The Kier molecular flexibility index (Phi) is 7.33. The van der Waals surface area contributed by atoms with E-state index in [1.54, 1.807) is 7.11 Å². The summed E-state index contributed by atoms with van der Waals surface area (Å²) in [5, 5.41) is 13.7. The Bertz CT molecular complexity index is 405. The molecule has 2 rings (SSSR count). The molecule has 0 bridgehead atoms. The minimum absolute atomic E-state index is 0.127. The lowest BCUT2D eigenvalue weighted by Crippen LogP contribution is -2.43. The highest BCUT2D eigenvalue weighted by atomic mass is 16.5. The van der Waals surface area contributed by atoms with Gasteiger partial charge in [0.25, 0.3) is 0 Å². The van der Waals surface area contributed by atoms with Crippen molar-refractivity contribution < 1.29 is 9.84 Å². The molecule has 0 amide bonds. The van der Waals surface area contributed by atoms with Gasteiger partial charge < -0.3 is 20.1 Å². The summed E-state index contributed by atoms with van der Waals surface area (Å²) >= 11 is 0. The number of benzene rings is 1. The molecule has 124 valence electrons. The number of aliphatic hydroxyl groups is 1. The van der Waals surface area contributed by atoms with Crippen LogP contribution in [0.5, 0.6) is 0 Å². The molecule has 1 aliphatic rings. The molecule has 0 aromatic heterocycles. The SMILES string of the molecule is COCC(NCC(O)CN1CCC(C)CC1)c1ccccc1. The van der Waals surface area contributed by atoms with Gasteiger partial charge in [-0.15, -0.1) is 0 Å². The Hall–Kier alpha value is -0.940. The van der Waals surface area contributed by atoms with E-state index in [-0.39, 0.29) is 12.1 Å². The van der Waals surface area contributed by atoms with Crippen molar-refractivity contribution in [3.8, 4) is 0 Å². The van der Waals surface area contributed by atoms with Crippen LogP contribution in [0.2, 0.25) is 0 Å². The number of rotatable bonds is 8. The topological polar surface area (TPSA) is 44.7 Å². The Morgan fingerprint density at radius 2 is 1.95 bits per heavy atom. The summed E-state index contributed by atoms with van der Waals surface area (Å²) in [7, 11) is 1.71. The lowest BCUT2D eigenvalue weighted by atomic mass is 9.99. The lowest BCUT2D eigenvalue weighted by molar-refractivity contribution is 0.0839. The molecule has 1 aliphatic heterocycles. The zero-order valence-corrected chi connectivity index (χ0v) is 13.9. The van der Waals surface area contributed by atoms with Gasteiger partial charge in [0, 0.05) is 20.2 Å². The maximum atomic E-state index is 10.3. The Labute approximate surface area is 134 Å². The zero-order chi connectivity index (χ0) is 15.8. The molecule has 0 saturated carbocycles. The quantitative estimate of drug-likeness (QED) is 0.772. The van der Waals surface area contributed by atoms with Gasteiger partial charge in [0.1, 0.15) is 0 Å². The fourth-order valence-electron chi connectivity index (χ4n) is 3.01. The second-order valence-corrected chi connectivity index (χ2v) is 6.46. The zero-order valence-electron chi connectivity index (χ0n) is 13.9. The third-order valence-corrected chi connectivity index (χ3v) is 4.48. The van der Waals surface area contributed by atoms with Crippen LogP contribution in [-0.4, -0.2) is 56.0 Å². The van der Waals surface area contributed by atoms with Crippen molar-refractivity contribution in [1.82, 2.24) is 10.2 Å². The maximum absolute atomic E-state index is 10.3. The second kappa shape index (κ2) is 9.26. The number of methoxy groups -OCH3 is 1. The fourth-order valence-corrected chi connectivity index (χ4v) is 3.01. The van der Waals surface area contributed by atoms with E-state index in [0.717, 1.165) is 25.6 Å². The lowest BCUT2D eigenvalue weighted by Gasteiger charge is -2.32. The summed E-state index contributed by atoms with van der Waals surface area (Å²) in [5.41, 5.74) is 1.20. The third-order valence-electron chi connectivity index (χ3n) is 4.48. The summed E-state index contributed by atoms with van der Waals surface area (Å²) in [5.74, 6) is 0.829. The molecule has 1 fully saturated rings. The van der Waals surface area contributed by atoms with Crippen LogP contribution >= 0.6 is 0 Å². The average molecular weight is 306 g/mol. The van der Waals surface area contributed by atoms with Crippen LogP contribution in [-0.2, 0) is 4.74 Å². The van der Waals surface area contributed by atoms with Crippen LogP contribution in [0.4, 0.5) is 0 Å². The molecule has 1 saturated heterocycles. The summed E-state index contributed by atoms with van der Waals surface area (Å²) in [6, 6.07) is 10.4. The minimum Gasteiger partial charge on any atom is -0.390 e. The van der Waals surface area contributed by atoms with Crippen molar-refractivity contribution in [2.45, 2.75) is 31.9 Å². The van der Waals surface area contributed by atoms with Gasteiger partial charge in [-0.2, -0.15) is 0 Å². The van der Waals surface area contributed by atoms with E-state index in [2.05, 4.69) is 29.3 Å². The summed E-state index contributed by atoms with van der Waals surface area (Å²) < 4.78 is 5.30. The number of likely N-dealkylation sites (tertiary alicyclic amines) is 1. The van der Waals surface area contributed by atoms with Gasteiger partial charge in [0.05, 0.1) is 18.8 Å². The Morgan fingerprint density at radius 3 is 2.59 bits per heavy atom. The first-order valence-corrected chi connectivity index (χ1v) is 8.36. The van der Waals surface area contributed by atoms with E-state index in [9.17, 15) is 5.11 Å². The van der Waals surface area contributed by atoms with Crippen LogP contribution in [0.3, 0.4) is 0 Å². The van der Waals surface area contributed by atoms with Crippen molar-refractivity contribution in [2.75, 3.05) is 39.9 Å². The minimum atomic E-state index is -0.337. The predicted octanol–water partition coefficient (Wildman–Crippen LogP) is 2.06. The molecule has 1 aromatic rings. The normalized spacial score (nSPS) is 20.0. The number of β-amino-alcohol motifs (C(OH)–C–C–N with tert-alkyl or cyclic N) is 1. The standard InChI is InChI=1S/C18H30N2O2/c1-15-8-10-20(11-9-15)13-17(21)12-19-18(14-22-2)16-6-4-3-5-7-16/h3-7,15,17-19,21H,8-14H2,1-2H3. The Balaban J connectivity index is 1.76. The predicted molar refractivity (Wildman–Crippen MR) is 89.9 cm³/mol. The molecule has 1 aromatic carbocycles. The summed E-state index contributed by atoms with van der Waals surface area (Å²) in [4.78, 5) is 2.38. The summed E-state index contributed by atoms with van der Waals surface area (Å²) in [6.07, 6.45) is 2.16. The van der Waals surface area contributed by atoms with E-state index in [4.69, 9.17) is 4.74 Å². The van der Waals surface area contributed by atoms with Gasteiger partial charge in [-0.05, 0) is 37.4 Å². The van der Waals surface area contributed by atoms with Crippen LogP contribution in [0.1, 0.15) is 31.4 Å². The van der Waals surface area contributed by atoms with Gasteiger partial charge in [-0.25, -0.2) is 0 Å². The molecule has 1 heterocycles. The highest BCUT2D eigenvalue weighted by molar-refractivity contribution is 5.18. The third kappa shape index (κ3) is 5.69. The van der Waals surface area contributed by atoms with E-state index in [1.165, 1.54) is 18.4 Å². The Morgan fingerprint density at radius 1 is 1.27 bits per heavy atom. The molecule has 0 spiro atoms. The first-order valence-electron chi connectivity index (χ1n) is 8.36. The van der Waals surface area contributed by atoms with Crippen molar-refractivity contribution >= 4 is 0 Å². The average Bonchev–Trinajstić information content (AvgIpc) is 2.54. The number of aliphatic hydroxyl groups excluding tert-OH is 1. The van der Waals surface area contributed by atoms with Crippen molar-refractivity contribution in [3.05, 3.63) is 35.9 Å². The molecular formula is C18H30N2O2. The van der Waals surface area contributed by atoms with Crippen molar-refractivity contribution in [1.29, 1.82) is 0 Å². The van der Waals surface area contributed by atoms with Gasteiger partial charge in [-0.1, -0.05) is 37.3 Å². The fraction of sp³-hybridized carbons (Fsp3) is 0.667. The molecule has 2 N–H and O–H groups in total. The maximum Gasteiger partial charge on any atom is 0.0791 e. The van der Waals surface area contributed by atoms with Crippen molar-refractivity contribution in [3.63, 3.8) is 0 Å². The molecule has 2 unspecified atom stereocenters. The van der Waals surface area contributed by atoms with Crippen LogP contribution in [0.15, 0.2) is 30.3 Å². The van der Waals surface area contributed by atoms with Crippen LogP contribution < -0.4 is 5.32 Å². The van der Waals surface area contributed by atoms with Gasteiger partial charge in [0.2, 0.25) is 0 Å². The molecule has 2 atom stereocenters. The van der Waals surface area contributed by atoms with Gasteiger partial charge >= 0.3 is 0 Å². The number of nitrogens with one attached hydrogen (secondary N) is 1. The monoisotopic (exact) mass is 306 g/mol. The van der Waals surface area contributed by atoms with Gasteiger partial charge in [0.15, 0.2) is 0 Å². The first-order chi connectivity index (χ1) is 10.7. The molecular weight excluding hydrogens is 276 g/mol.